The van der Waals surface area contributed by atoms with Crippen molar-refractivity contribution < 1.29 is 0 Å². The molecule has 0 unspecified atom stereocenters. The molecule has 0 spiro atoms. The van der Waals surface area contributed by atoms with Crippen LogP contribution in [-0.4, -0.2) is 0 Å². The minimum absolute atomic E-state index is 0. The standard InChI is InChI=1S/C38H76.2H3N/c1-4-6-8-10-12-14-16-18-20-22-24-26-28-30-32-34-36-38(3)37-35-33-31-29-27-25-23-21-19-17-15-13-11-9-7-5-2;;/h3-37H2,1-2H3;2*1H3. The second-order valence-electron chi connectivity index (χ2n) is 12.9. The van der Waals surface area contributed by atoms with Crippen LogP contribution in [0.4, 0.5) is 0 Å². The maximum atomic E-state index is 4.37. The van der Waals surface area contributed by atoms with Crippen molar-refractivity contribution in [1.82, 2.24) is 12.3 Å². The van der Waals surface area contributed by atoms with Gasteiger partial charge in [0.2, 0.25) is 0 Å². The van der Waals surface area contributed by atoms with Crippen molar-refractivity contribution in [1.29, 1.82) is 0 Å². The summed E-state index contributed by atoms with van der Waals surface area (Å²) in [5, 5.41) is 0. The third-order valence-corrected chi connectivity index (χ3v) is 8.77. The first-order chi connectivity index (χ1) is 18.8. The summed E-state index contributed by atoms with van der Waals surface area (Å²) in [4.78, 5) is 0. The molecule has 40 heavy (non-hydrogen) atoms. The number of hydrogen-bond acceptors (Lipinski definition) is 2. The highest BCUT2D eigenvalue weighted by Gasteiger charge is 1.99. The molecule has 0 atom stereocenters. The summed E-state index contributed by atoms with van der Waals surface area (Å²) >= 11 is 0. The third-order valence-electron chi connectivity index (χ3n) is 8.77. The highest BCUT2D eigenvalue weighted by Crippen LogP contribution is 2.19. The number of rotatable bonds is 34. The molecule has 0 saturated heterocycles. The lowest BCUT2D eigenvalue weighted by Crippen LogP contribution is -1.87. The van der Waals surface area contributed by atoms with Gasteiger partial charge in [0.15, 0.2) is 0 Å². The Labute approximate surface area is 256 Å². The molecule has 0 heterocycles. The van der Waals surface area contributed by atoms with Gasteiger partial charge in [0.05, 0.1) is 0 Å². The third kappa shape index (κ3) is 39.8. The van der Waals surface area contributed by atoms with Crippen LogP contribution in [0, 0.1) is 0 Å². The molecule has 0 aliphatic rings. The molecular formula is C38H82N2. The summed E-state index contributed by atoms with van der Waals surface area (Å²) in [6, 6.07) is 0. The zero-order valence-corrected chi connectivity index (χ0v) is 28.7. The van der Waals surface area contributed by atoms with Gasteiger partial charge in [0.25, 0.3) is 0 Å². The van der Waals surface area contributed by atoms with E-state index >= 15 is 0 Å². The molecule has 0 aliphatic carbocycles. The fraction of sp³-hybridized carbons (Fsp3) is 0.947. The Hall–Kier alpha value is -0.340. The van der Waals surface area contributed by atoms with Gasteiger partial charge in [-0.25, -0.2) is 0 Å². The van der Waals surface area contributed by atoms with E-state index in [4.69, 9.17) is 0 Å². The van der Waals surface area contributed by atoms with E-state index in [-0.39, 0.29) is 12.3 Å². The van der Waals surface area contributed by atoms with Gasteiger partial charge in [-0.1, -0.05) is 219 Å². The van der Waals surface area contributed by atoms with E-state index in [1.807, 2.05) is 0 Å². The van der Waals surface area contributed by atoms with Crippen molar-refractivity contribution in [3.8, 4) is 0 Å². The Morgan fingerprint density at radius 2 is 0.425 bits per heavy atom. The van der Waals surface area contributed by atoms with Crippen LogP contribution in [0.5, 0.6) is 0 Å². The summed E-state index contributed by atoms with van der Waals surface area (Å²) in [6.45, 7) is 8.98. The molecule has 0 rings (SSSR count). The maximum absolute atomic E-state index is 4.37. The molecule has 0 fully saturated rings. The minimum Gasteiger partial charge on any atom is -0.344 e. The molecule has 0 aromatic rings. The van der Waals surface area contributed by atoms with Crippen LogP contribution in [0.2, 0.25) is 0 Å². The zero-order chi connectivity index (χ0) is 27.6. The smallest absolute Gasteiger partial charge is 0.0323 e. The van der Waals surface area contributed by atoms with Gasteiger partial charge in [0.1, 0.15) is 0 Å². The van der Waals surface area contributed by atoms with E-state index in [9.17, 15) is 0 Å². The zero-order valence-electron chi connectivity index (χ0n) is 28.7. The fourth-order valence-corrected chi connectivity index (χ4v) is 5.97. The summed E-state index contributed by atoms with van der Waals surface area (Å²) in [5.41, 5.74) is 1.53. The lowest BCUT2D eigenvalue weighted by Gasteiger charge is -2.07. The molecule has 6 N–H and O–H groups in total. The van der Waals surface area contributed by atoms with E-state index < -0.39 is 0 Å². The lowest BCUT2D eigenvalue weighted by molar-refractivity contribution is 0.526. The molecule has 2 nitrogen and oxygen atoms in total. The quantitative estimate of drug-likeness (QED) is 0.0600. The lowest BCUT2D eigenvalue weighted by atomic mass is 10.00. The topological polar surface area (TPSA) is 70.0 Å². The number of hydrogen-bond donors (Lipinski definition) is 2. The first kappa shape index (κ1) is 44.1. The molecular weight excluding hydrogens is 484 g/mol. The Morgan fingerprint density at radius 3 is 0.600 bits per heavy atom. The second kappa shape index (κ2) is 40.8. The molecule has 244 valence electrons. The van der Waals surface area contributed by atoms with Crippen molar-refractivity contribution >= 4 is 0 Å². The monoisotopic (exact) mass is 567 g/mol. The summed E-state index contributed by atoms with van der Waals surface area (Å²) < 4.78 is 0. The second-order valence-corrected chi connectivity index (χ2v) is 12.9. The summed E-state index contributed by atoms with van der Waals surface area (Å²) in [5.74, 6) is 0. The van der Waals surface area contributed by atoms with Gasteiger partial charge in [-0.05, 0) is 25.7 Å². The Kier molecular flexibility index (Phi) is 45.0. The van der Waals surface area contributed by atoms with Crippen molar-refractivity contribution in [2.24, 2.45) is 0 Å². The molecule has 2 heteroatoms. The van der Waals surface area contributed by atoms with Gasteiger partial charge in [0, 0.05) is 0 Å². The van der Waals surface area contributed by atoms with Gasteiger partial charge in [-0.3, -0.25) is 0 Å². The van der Waals surface area contributed by atoms with Crippen LogP contribution < -0.4 is 12.3 Å². The van der Waals surface area contributed by atoms with Crippen LogP contribution >= 0.6 is 0 Å². The molecule has 0 amide bonds. The number of unbranched alkanes of at least 4 members (excludes halogenated alkanes) is 30. The van der Waals surface area contributed by atoms with Gasteiger partial charge < -0.3 is 12.3 Å². The highest BCUT2D eigenvalue weighted by atomic mass is 14.1. The predicted octanol–water partition coefficient (Wildman–Crippen LogP) is 15.2. The minimum atomic E-state index is 0. The molecule has 0 radical (unpaired) electrons. The Morgan fingerprint density at radius 1 is 0.275 bits per heavy atom. The Bertz CT molecular complexity index is 395. The van der Waals surface area contributed by atoms with Crippen LogP contribution in [-0.2, 0) is 0 Å². The average molecular weight is 567 g/mol. The van der Waals surface area contributed by atoms with Gasteiger partial charge in [-0.2, -0.15) is 0 Å². The molecule has 0 aliphatic heterocycles. The summed E-state index contributed by atoms with van der Waals surface area (Å²) in [6.07, 6.45) is 49.2. The average Bonchev–Trinajstić information content (AvgIpc) is 2.92. The first-order valence-electron chi connectivity index (χ1n) is 18.5. The van der Waals surface area contributed by atoms with E-state index in [1.54, 1.807) is 0 Å². The van der Waals surface area contributed by atoms with E-state index in [2.05, 4.69) is 20.4 Å². The van der Waals surface area contributed by atoms with Gasteiger partial charge in [-0.15, -0.1) is 0 Å². The van der Waals surface area contributed by atoms with Crippen molar-refractivity contribution in [3.63, 3.8) is 0 Å². The van der Waals surface area contributed by atoms with Gasteiger partial charge >= 0.3 is 0 Å². The first-order valence-corrected chi connectivity index (χ1v) is 18.5. The fourth-order valence-electron chi connectivity index (χ4n) is 5.97. The van der Waals surface area contributed by atoms with Crippen LogP contribution in [0.15, 0.2) is 12.2 Å². The highest BCUT2D eigenvalue weighted by molar-refractivity contribution is 4.93. The van der Waals surface area contributed by atoms with Crippen LogP contribution in [0.1, 0.15) is 232 Å². The largest absolute Gasteiger partial charge is 0.344 e. The maximum Gasteiger partial charge on any atom is -0.0323 e. The van der Waals surface area contributed by atoms with Crippen LogP contribution in [0.25, 0.3) is 0 Å². The van der Waals surface area contributed by atoms with Crippen molar-refractivity contribution in [2.45, 2.75) is 232 Å². The van der Waals surface area contributed by atoms with Crippen molar-refractivity contribution in [2.75, 3.05) is 0 Å². The molecule has 0 aromatic heterocycles. The predicted molar refractivity (Wildman–Crippen MR) is 188 cm³/mol. The normalized spacial score (nSPS) is 10.8. The van der Waals surface area contributed by atoms with E-state index in [0.29, 0.717) is 0 Å². The van der Waals surface area contributed by atoms with Crippen LogP contribution in [0.3, 0.4) is 0 Å². The molecule has 0 saturated carbocycles. The molecule has 0 bridgehead atoms. The summed E-state index contributed by atoms with van der Waals surface area (Å²) in [7, 11) is 0. The number of allylic oxidation sites excluding steroid dienone is 1. The van der Waals surface area contributed by atoms with E-state index in [1.165, 1.54) is 224 Å². The SMILES string of the molecule is C=C(CCCCCCCCCCCCCCCCCC)CCCCCCCCCCCCCCCCCC.N.N. The van der Waals surface area contributed by atoms with Crippen molar-refractivity contribution in [3.05, 3.63) is 12.2 Å². The molecule has 0 aromatic carbocycles. The van der Waals surface area contributed by atoms with E-state index in [0.717, 1.165) is 0 Å². The Balaban J connectivity index is -0.00000684.